The molecule has 0 atom stereocenters. The molecule has 2 aromatic rings. The van der Waals surface area contributed by atoms with Crippen LogP contribution in [0.3, 0.4) is 0 Å². The number of nitrogens with one attached hydrogen (secondary N) is 1. The van der Waals surface area contributed by atoms with E-state index in [9.17, 15) is 22.0 Å². The standard InChI is InChI=1S/C17H14F2N2O3S/c1-3-12-6-4-7-13(10-12)21(11-16(22)20-2)25(23,24)17-14(18)8-5-9-15(17)19/h1,4-10H,11H2,2H3,(H,20,22). The molecule has 0 spiro atoms. The van der Waals surface area contributed by atoms with Gasteiger partial charge in [-0.25, -0.2) is 17.2 Å². The van der Waals surface area contributed by atoms with Gasteiger partial charge in [0.25, 0.3) is 10.0 Å². The van der Waals surface area contributed by atoms with Crippen LogP contribution in [0.4, 0.5) is 14.5 Å². The molecule has 0 heterocycles. The zero-order valence-corrected chi connectivity index (χ0v) is 14.0. The van der Waals surface area contributed by atoms with E-state index in [1.165, 1.54) is 25.2 Å². The minimum absolute atomic E-state index is 0.0155. The number of rotatable bonds is 5. The predicted octanol–water partition coefficient (Wildman–Crippen LogP) is 1.89. The van der Waals surface area contributed by atoms with Gasteiger partial charge in [-0.2, -0.15) is 0 Å². The van der Waals surface area contributed by atoms with Gasteiger partial charge >= 0.3 is 0 Å². The largest absolute Gasteiger partial charge is 0.358 e. The summed E-state index contributed by atoms with van der Waals surface area (Å²) in [5.74, 6) is -0.837. The average Bonchev–Trinajstić information content (AvgIpc) is 2.58. The third-order valence-electron chi connectivity index (χ3n) is 3.33. The van der Waals surface area contributed by atoms with Crippen LogP contribution >= 0.6 is 0 Å². The first-order valence-corrected chi connectivity index (χ1v) is 8.49. The van der Waals surface area contributed by atoms with Crippen LogP contribution < -0.4 is 9.62 Å². The molecule has 0 aliphatic carbocycles. The number of hydrogen-bond donors (Lipinski definition) is 1. The molecule has 2 rings (SSSR count). The predicted molar refractivity (Wildman–Crippen MR) is 89.3 cm³/mol. The number of nitrogens with zero attached hydrogens (tertiary/aromatic N) is 1. The van der Waals surface area contributed by atoms with Crippen molar-refractivity contribution in [2.45, 2.75) is 4.90 Å². The molecule has 130 valence electrons. The molecule has 0 aliphatic rings. The fraction of sp³-hybridized carbons (Fsp3) is 0.118. The van der Waals surface area contributed by atoms with E-state index in [4.69, 9.17) is 6.42 Å². The quantitative estimate of drug-likeness (QED) is 0.824. The minimum Gasteiger partial charge on any atom is -0.358 e. The molecule has 0 radical (unpaired) electrons. The normalized spacial score (nSPS) is 10.8. The number of benzene rings is 2. The number of anilines is 1. The molecule has 1 amide bonds. The van der Waals surface area contributed by atoms with Gasteiger partial charge in [0, 0.05) is 12.6 Å². The average molecular weight is 364 g/mol. The molecule has 2 aromatic carbocycles. The highest BCUT2D eigenvalue weighted by Crippen LogP contribution is 2.27. The second-order valence-corrected chi connectivity index (χ2v) is 6.73. The summed E-state index contributed by atoms with van der Waals surface area (Å²) in [6.07, 6.45) is 5.30. The van der Waals surface area contributed by atoms with Gasteiger partial charge in [0.2, 0.25) is 5.91 Å². The summed E-state index contributed by atoms with van der Waals surface area (Å²) in [4.78, 5) is 10.6. The summed E-state index contributed by atoms with van der Waals surface area (Å²) >= 11 is 0. The van der Waals surface area contributed by atoms with E-state index in [0.29, 0.717) is 9.87 Å². The Morgan fingerprint density at radius 1 is 1.20 bits per heavy atom. The van der Waals surface area contributed by atoms with Crippen molar-refractivity contribution in [2.75, 3.05) is 17.9 Å². The Morgan fingerprint density at radius 2 is 1.80 bits per heavy atom. The summed E-state index contributed by atoms with van der Waals surface area (Å²) in [5.41, 5.74) is 0.366. The van der Waals surface area contributed by atoms with Crippen LogP contribution in [0.25, 0.3) is 0 Å². The Balaban J connectivity index is 2.66. The van der Waals surface area contributed by atoms with E-state index < -0.39 is 39.0 Å². The molecule has 1 N–H and O–H groups in total. The Kier molecular flexibility index (Phi) is 5.39. The third kappa shape index (κ3) is 3.78. The molecule has 25 heavy (non-hydrogen) atoms. The Hall–Kier alpha value is -2.92. The van der Waals surface area contributed by atoms with Gasteiger partial charge in [-0.15, -0.1) is 6.42 Å². The van der Waals surface area contributed by atoms with Crippen molar-refractivity contribution in [1.82, 2.24) is 5.32 Å². The van der Waals surface area contributed by atoms with Crippen LogP contribution in [0.2, 0.25) is 0 Å². The van der Waals surface area contributed by atoms with E-state index in [1.54, 1.807) is 6.07 Å². The molecule has 0 aromatic heterocycles. The number of sulfonamides is 1. The third-order valence-corrected chi connectivity index (χ3v) is 5.16. The highest BCUT2D eigenvalue weighted by molar-refractivity contribution is 7.92. The number of carbonyl (C=O) groups excluding carboxylic acids is 1. The smallest absolute Gasteiger partial charge is 0.270 e. The lowest BCUT2D eigenvalue weighted by Crippen LogP contribution is -2.40. The first-order valence-electron chi connectivity index (χ1n) is 7.05. The van der Waals surface area contributed by atoms with Crippen LogP contribution in [0.15, 0.2) is 47.4 Å². The monoisotopic (exact) mass is 364 g/mol. The van der Waals surface area contributed by atoms with Crippen LogP contribution in [0, 0.1) is 24.0 Å². The van der Waals surface area contributed by atoms with Crippen LogP contribution in [0.1, 0.15) is 5.56 Å². The molecule has 0 aliphatic heterocycles. The Labute approximate surface area is 144 Å². The van der Waals surface area contributed by atoms with Crippen LogP contribution in [0.5, 0.6) is 0 Å². The number of halogens is 2. The van der Waals surface area contributed by atoms with Gasteiger partial charge in [0.15, 0.2) is 4.90 Å². The van der Waals surface area contributed by atoms with E-state index in [-0.39, 0.29) is 5.69 Å². The molecule has 8 heteroatoms. The van der Waals surface area contributed by atoms with Gasteiger partial charge in [-0.05, 0) is 30.3 Å². The lowest BCUT2D eigenvalue weighted by Gasteiger charge is -2.24. The second-order valence-electron chi connectivity index (χ2n) is 4.93. The number of amides is 1. The fourth-order valence-electron chi connectivity index (χ4n) is 2.11. The van der Waals surface area contributed by atoms with Crippen molar-refractivity contribution in [3.63, 3.8) is 0 Å². The summed E-state index contributed by atoms with van der Waals surface area (Å²) in [6, 6.07) is 8.44. The van der Waals surface area contributed by atoms with E-state index in [1.807, 2.05) is 0 Å². The summed E-state index contributed by atoms with van der Waals surface area (Å²) in [6.45, 7) is -0.666. The van der Waals surface area contributed by atoms with Crippen molar-refractivity contribution in [3.05, 3.63) is 59.7 Å². The van der Waals surface area contributed by atoms with Crippen molar-refractivity contribution < 1.29 is 22.0 Å². The molecule has 5 nitrogen and oxygen atoms in total. The lowest BCUT2D eigenvalue weighted by atomic mass is 10.2. The van der Waals surface area contributed by atoms with Crippen molar-refractivity contribution in [1.29, 1.82) is 0 Å². The molecular weight excluding hydrogens is 350 g/mol. The van der Waals surface area contributed by atoms with Gasteiger partial charge in [-0.3, -0.25) is 9.10 Å². The molecule has 0 saturated carbocycles. The van der Waals surface area contributed by atoms with Crippen LogP contribution in [-0.4, -0.2) is 27.9 Å². The summed E-state index contributed by atoms with van der Waals surface area (Å²) < 4.78 is 54.3. The zero-order chi connectivity index (χ0) is 18.6. The zero-order valence-electron chi connectivity index (χ0n) is 13.2. The maximum absolute atomic E-state index is 14.0. The van der Waals surface area contributed by atoms with E-state index in [2.05, 4.69) is 11.2 Å². The maximum atomic E-state index is 14.0. The van der Waals surface area contributed by atoms with Gasteiger partial charge in [0.05, 0.1) is 5.69 Å². The Bertz CT molecular complexity index is 932. The van der Waals surface area contributed by atoms with E-state index >= 15 is 0 Å². The molecule has 0 saturated heterocycles. The van der Waals surface area contributed by atoms with Gasteiger partial charge < -0.3 is 5.32 Å². The van der Waals surface area contributed by atoms with E-state index in [0.717, 1.165) is 18.2 Å². The minimum atomic E-state index is -4.69. The van der Waals surface area contributed by atoms with Crippen molar-refractivity contribution in [2.24, 2.45) is 0 Å². The number of hydrogen-bond acceptors (Lipinski definition) is 3. The second kappa shape index (κ2) is 7.32. The first kappa shape index (κ1) is 18.4. The molecular formula is C17H14F2N2O3S. The fourth-order valence-corrected chi connectivity index (χ4v) is 3.64. The highest BCUT2D eigenvalue weighted by atomic mass is 32.2. The highest BCUT2D eigenvalue weighted by Gasteiger charge is 2.32. The van der Waals surface area contributed by atoms with Crippen molar-refractivity contribution in [3.8, 4) is 12.3 Å². The molecule has 0 unspecified atom stereocenters. The molecule has 0 bridgehead atoms. The lowest BCUT2D eigenvalue weighted by molar-refractivity contribution is -0.119. The number of terminal acetylenes is 1. The van der Waals surface area contributed by atoms with Crippen LogP contribution in [-0.2, 0) is 14.8 Å². The number of carbonyl (C=O) groups is 1. The van der Waals surface area contributed by atoms with Gasteiger partial charge in [0.1, 0.15) is 18.2 Å². The Morgan fingerprint density at radius 3 is 2.36 bits per heavy atom. The summed E-state index contributed by atoms with van der Waals surface area (Å²) in [5, 5.41) is 2.27. The topological polar surface area (TPSA) is 66.5 Å². The van der Waals surface area contributed by atoms with Crippen molar-refractivity contribution >= 4 is 21.6 Å². The SMILES string of the molecule is C#Cc1cccc(N(CC(=O)NC)S(=O)(=O)c2c(F)cccc2F)c1. The van der Waals surface area contributed by atoms with Gasteiger partial charge in [-0.1, -0.05) is 18.1 Å². The number of likely N-dealkylation sites (N-methyl/N-ethyl adjacent to an activating group) is 1. The summed E-state index contributed by atoms with van der Waals surface area (Å²) in [7, 11) is -3.38. The first-order chi connectivity index (χ1) is 11.8. The molecule has 0 fully saturated rings. The maximum Gasteiger partial charge on any atom is 0.270 e.